The van der Waals surface area contributed by atoms with Crippen LogP contribution in [0.2, 0.25) is 0 Å². The van der Waals surface area contributed by atoms with E-state index in [9.17, 15) is 4.79 Å². The Labute approximate surface area is 142 Å². The predicted molar refractivity (Wildman–Crippen MR) is 95.6 cm³/mol. The zero-order valence-electron chi connectivity index (χ0n) is 13.9. The molecule has 1 N–H and O–H groups in total. The van der Waals surface area contributed by atoms with Gasteiger partial charge in [0, 0.05) is 17.8 Å². The minimum absolute atomic E-state index is 0.0524. The van der Waals surface area contributed by atoms with Crippen molar-refractivity contribution in [3.05, 3.63) is 41.6 Å². The Balaban J connectivity index is 2.03. The van der Waals surface area contributed by atoms with Gasteiger partial charge < -0.3 is 5.32 Å². The first-order valence-electron chi connectivity index (χ1n) is 7.90. The number of hydrogen-bond acceptors (Lipinski definition) is 4. The van der Waals surface area contributed by atoms with Crippen LogP contribution in [0.1, 0.15) is 31.0 Å². The van der Waals surface area contributed by atoms with Gasteiger partial charge in [-0.2, -0.15) is 0 Å². The largest absolute Gasteiger partial charge is 0.355 e. The lowest BCUT2D eigenvalue weighted by Gasteiger charge is -2.07. The summed E-state index contributed by atoms with van der Waals surface area (Å²) in [4.78, 5) is 20.9. The molecule has 1 aromatic heterocycles. The standard InChI is InChI=1S/C18H23N3OS/c1-4-5-10-19-16(22)12-23-17-11-14(3)20-18(21-17)15-8-6-13(2)7-9-15/h6-9,11H,4-5,10,12H2,1-3H3,(H,19,22). The number of carbonyl (C=O) groups is 1. The van der Waals surface area contributed by atoms with Crippen LogP contribution in [-0.2, 0) is 4.79 Å². The van der Waals surface area contributed by atoms with Crippen molar-refractivity contribution in [1.82, 2.24) is 15.3 Å². The fraction of sp³-hybridized carbons (Fsp3) is 0.389. The maximum absolute atomic E-state index is 11.8. The van der Waals surface area contributed by atoms with Crippen LogP contribution >= 0.6 is 11.8 Å². The van der Waals surface area contributed by atoms with Crippen molar-refractivity contribution in [2.24, 2.45) is 0 Å². The Morgan fingerprint density at radius 3 is 2.61 bits per heavy atom. The second kappa shape index (κ2) is 8.67. The number of carbonyl (C=O) groups excluding carboxylic acids is 1. The van der Waals surface area contributed by atoms with Gasteiger partial charge in [-0.25, -0.2) is 9.97 Å². The molecule has 0 unspecified atom stereocenters. The minimum Gasteiger partial charge on any atom is -0.355 e. The van der Waals surface area contributed by atoms with Gasteiger partial charge in [-0.05, 0) is 26.3 Å². The Morgan fingerprint density at radius 2 is 1.91 bits per heavy atom. The van der Waals surface area contributed by atoms with E-state index in [1.165, 1.54) is 17.3 Å². The SMILES string of the molecule is CCCCNC(=O)CSc1cc(C)nc(-c2ccc(C)cc2)n1. The predicted octanol–water partition coefficient (Wildman–Crippen LogP) is 3.77. The van der Waals surface area contributed by atoms with Crippen molar-refractivity contribution < 1.29 is 4.79 Å². The number of thioether (sulfide) groups is 1. The van der Waals surface area contributed by atoms with E-state index in [-0.39, 0.29) is 5.91 Å². The van der Waals surface area contributed by atoms with Crippen molar-refractivity contribution in [2.45, 2.75) is 38.6 Å². The van der Waals surface area contributed by atoms with Crippen molar-refractivity contribution in [3.8, 4) is 11.4 Å². The lowest BCUT2D eigenvalue weighted by Crippen LogP contribution is -2.26. The molecule has 1 amide bonds. The number of hydrogen-bond donors (Lipinski definition) is 1. The highest BCUT2D eigenvalue weighted by atomic mass is 32.2. The van der Waals surface area contributed by atoms with Crippen LogP contribution in [0.25, 0.3) is 11.4 Å². The molecule has 0 fully saturated rings. The van der Waals surface area contributed by atoms with Crippen molar-refractivity contribution in [3.63, 3.8) is 0 Å². The van der Waals surface area contributed by atoms with Gasteiger partial charge in [-0.15, -0.1) is 0 Å². The highest BCUT2D eigenvalue weighted by molar-refractivity contribution is 7.99. The van der Waals surface area contributed by atoms with Gasteiger partial charge in [0.1, 0.15) is 5.03 Å². The summed E-state index contributed by atoms with van der Waals surface area (Å²) in [6.45, 7) is 6.86. The molecular formula is C18H23N3OS. The van der Waals surface area contributed by atoms with E-state index < -0.39 is 0 Å². The molecule has 0 spiro atoms. The molecule has 23 heavy (non-hydrogen) atoms. The number of unbranched alkanes of at least 4 members (excludes halogenated alkanes) is 1. The molecule has 2 aromatic rings. The Morgan fingerprint density at radius 1 is 1.17 bits per heavy atom. The molecule has 0 radical (unpaired) electrons. The quantitative estimate of drug-likeness (QED) is 0.477. The van der Waals surface area contributed by atoms with Gasteiger partial charge in [0.05, 0.1) is 5.75 Å². The fourth-order valence-corrected chi connectivity index (χ4v) is 2.83. The van der Waals surface area contributed by atoms with Gasteiger partial charge in [0.2, 0.25) is 5.91 Å². The molecule has 5 heteroatoms. The third kappa shape index (κ3) is 5.67. The third-order valence-corrected chi connectivity index (χ3v) is 4.26. The topological polar surface area (TPSA) is 54.9 Å². The number of nitrogens with zero attached hydrogens (tertiary/aromatic N) is 2. The zero-order valence-corrected chi connectivity index (χ0v) is 14.7. The average Bonchev–Trinajstić information content (AvgIpc) is 2.53. The molecule has 4 nitrogen and oxygen atoms in total. The molecule has 0 aliphatic carbocycles. The molecule has 122 valence electrons. The summed E-state index contributed by atoms with van der Waals surface area (Å²) in [7, 11) is 0. The van der Waals surface area contributed by atoms with Crippen LogP contribution in [-0.4, -0.2) is 28.2 Å². The van der Waals surface area contributed by atoms with E-state index >= 15 is 0 Å². The highest BCUT2D eigenvalue weighted by Gasteiger charge is 2.08. The second-order valence-corrected chi connectivity index (χ2v) is 6.53. The Kier molecular flexibility index (Phi) is 6.59. The summed E-state index contributed by atoms with van der Waals surface area (Å²) in [6, 6.07) is 10.1. The normalized spacial score (nSPS) is 10.6. The molecule has 2 rings (SSSR count). The van der Waals surface area contributed by atoms with Crippen LogP contribution in [0, 0.1) is 13.8 Å². The summed E-state index contributed by atoms with van der Waals surface area (Å²) in [5.41, 5.74) is 3.11. The van der Waals surface area contributed by atoms with Crippen LogP contribution in [0.15, 0.2) is 35.4 Å². The lowest BCUT2D eigenvalue weighted by atomic mass is 10.1. The van der Waals surface area contributed by atoms with Crippen LogP contribution in [0.4, 0.5) is 0 Å². The Bertz CT molecular complexity index is 656. The van der Waals surface area contributed by atoms with Gasteiger partial charge >= 0.3 is 0 Å². The monoisotopic (exact) mass is 329 g/mol. The lowest BCUT2D eigenvalue weighted by molar-refractivity contribution is -0.118. The first-order valence-corrected chi connectivity index (χ1v) is 8.89. The number of aryl methyl sites for hydroxylation is 2. The maximum Gasteiger partial charge on any atom is 0.230 e. The van der Waals surface area contributed by atoms with Crippen molar-refractivity contribution >= 4 is 17.7 Å². The van der Waals surface area contributed by atoms with Crippen molar-refractivity contribution in [1.29, 1.82) is 0 Å². The fourth-order valence-electron chi connectivity index (χ4n) is 2.04. The van der Waals surface area contributed by atoms with Gasteiger partial charge in [-0.1, -0.05) is 54.9 Å². The van der Waals surface area contributed by atoms with Gasteiger partial charge in [-0.3, -0.25) is 4.79 Å². The average molecular weight is 329 g/mol. The molecule has 0 saturated heterocycles. The van der Waals surface area contributed by atoms with E-state index in [1.807, 2.05) is 25.1 Å². The van der Waals surface area contributed by atoms with E-state index in [0.29, 0.717) is 11.6 Å². The number of rotatable bonds is 7. The van der Waals surface area contributed by atoms with E-state index in [1.54, 1.807) is 0 Å². The summed E-state index contributed by atoms with van der Waals surface area (Å²) < 4.78 is 0. The smallest absolute Gasteiger partial charge is 0.230 e. The summed E-state index contributed by atoms with van der Waals surface area (Å²) >= 11 is 1.45. The van der Waals surface area contributed by atoms with E-state index in [4.69, 9.17) is 0 Å². The van der Waals surface area contributed by atoms with Crippen LogP contribution in [0.3, 0.4) is 0 Å². The molecule has 0 atom stereocenters. The molecule has 1 aromatic carbocycles. The molecule has 0 saturated carbocycles. The zero-order chi connectivity index (χ0) is 16.7. The molecular weight excluding hydrogens is 306 g/mol. The third-order valence-electron chi connectivity index (χ3n) is 3.34. The van der Waals surface area contributed by atoms with Crippen LogP contribution < -0.4 is 5.32 Å². The molecule has 1 heterocycles. The number of aromatic nitrogens is 2. The van der Waals surface area contributed by atoms with Crippen LogP contribution in [0.5, 0.6) is 0 Å². The number of nitrogens with one attached hydrogen (secondary N) is 1. The number of benzene rings is 1. The highest BCUT2D eigenvalue weighted by Crippen LogP contribution is 2.21. The molecule has 0 aliphatic heterocycles. The summed E-state index contributed by atoms with van der Waals surface area (Å²) in [5, 5.41) is 3.75. The Hall–Kier alpha value is -1.88. The first kappa shape index (κ1) is 17.5. The van der Waals surface area contributed by atoms with Crippen molar-refractivity contribution in [2.75, 3.05) is 12.3 Å². The summed E-state index contributed by atoms with van der Waals surface area (Å²) in [5.74, 6) is 1.14. The number of amides is 1. The first-order chi connectivity index (χ1) is 11.1. The van der Waals surface area contributed by atoms with E-state index in [0.717, 1.165) is 35.7 Å². The van der Waals surface area contributed by atoms with E-state index in [2.05, 4.69) is 41.3 Å². The molecule has 0 bridgehead atoms. The summed E-state index contributed by atoms with van der Waals surface area (Å²) in [6.07, 6.45) is 2.10. The van der Waals surface area contributed by atoms with Gasteiger partial charge in [0.25, 0.3) is 0 Å². The molecule has 0 aliphatic rings. The second-order valence-electron chi connectivity index (χ2n) is 5.53. The minimum atomic E-state index is 0.0524. The van der Waals surface area contributed by atoms with Gasteiger partial charge in [0.15, 0.2) is 5.82 Å². The maximum atomic E-state index is 11.8.